The summed E-state index contributed by atoms with van der Waals surface area (Å²) in [4.78, 5) is 0. The molecule has 0 aliphatic heterocycles. The van der Waals surface area contributed by atoms with Crippen molar-refractivity contribution in [3.63, 3.8) is 0 Å². The van der Waals surface area contributed by atoms with Crippen LogP contribution in [0.2, 0.25) is 0 Å². The average Bonchev–Trinajstić information content (AvgIpc) is 2.72. The summed E-state index contributed by atoms with van der Waals surface area (Å²) >= 11 is 0. The van der Waals surface area contributed by atoms with Gasteiger partial charge in [-0.25, -0.2) is 17.9 Å². The second-order valence-electron chi connectivity index (χ2n) is 4.09. The Morgan fingerprint density at radius 2 is 1.88 bits per heavy atom. The van der Waals surface area contributed by atoms with Gasteiger partial charge in [0.2, 0.25) is 0 Å². The lowest BCUT2D eigenvalue weighted by atomic mass is 10.1. The summed E-state index contributed by atoms with van der Waals surface area (Å²) in [5.41, 5.74) is 0.642. The van der Waals surface area contributed by atoms with Crippen LogP contribution in [0.4, 0.5) is 13.2 Å². The third-order valence-corrected chi connectivity index (χ3v) is 2.49. The third-order valence-electron chi connectivity index (χ3n) is 2.49. The Bertz CT molecular complexity index is 547. The topological polar surface area (TPSA) is 17.8 Å². The number of nitrogens with zero attached hydrogens (tertiary/aromatic N) is 2. The zero-order valence-corrected chi connectivity index (χ0v) is 9.42. The van der Waals surface area contributed by atoms with Gasteiger partial charge in [-0.3, -0.25) is 0 Å². The smallest absolute Gasteiger partial charge is 0.184 e. The van der Waals surface area contributed by atoms with Gasteiger partial charge in [-0.05, 0) is 11.5 Å². The van der Waals surface area contributed by atoms with E-state index >= 15 is 0 Å². The van der Waals surface area contributed by atoms with Crippen molar-refractivity contribution < 1.29 is 13.2 Å². The highest BCUT2D eigenvalue weighted by atomic mass is 19.2. The van der Waals surface area contributed by atoms with E-state index in [-0.39, 0.29) is 11.6 Å². The lowest BCUT2D eigenvalue weighted by Gasteiger charge is -2.04. The lowest BCUT2D eigenvalue weighted by molar-refractivity contribution is 0.487. The van der Waals surface area contributed by atoms with Gasteiger partial charge in [-0.2, -0.15) is 5.10 Å². The molecule has 0 spiro atoms. The number of hydrogen-bond acceptors (Lipinski definition) is 1. The average molecular weight is 240 g/mol. The van der Waals surface area contributed by atoms with E-state index in [2.05, 4.69) is 5.10 Å². The van der Waals surface area contributed by atoms with Crippen LogP contribution in [-0.4, -0.2) is 9.78 Å². The Morgan fingerprint density at radius 3 is 2.47 bits per heavy atom. The quantitative estimate of drug-likeness (QED) is 0.735. The van der Waals surface area contributed by atoms with Crippen LogP contribution in [0.5, 0.6) is 0 Å². The maximum absolute atomic E-state index is 13.5. The van der Waals surface area contributed by atoms with Gasteiger partial charge in [-0.15, -0.1) is 0 Å². The van der Waals surface area contributed by atoms with Crippen LogP contribution in [0, 0.1) is 17.5 Å². The Labute approximate surface area is 96.7 Å². The molecular weight excluding hydrogens is 229 g/mol. The van der Waals surface area contributed by atoms with Crippen LogP contribution in [0.25, 0.3) is 5.69 Å². The predicted octanol–water partition coefficient (Wildman–Crippen LogP) is 3.41. The zero-order valence-electron chi connectivity index (χ0n) is 9.42. The van der Waals surface area contributed by atoms with Crippen LogP contribution in [0.1, 0.15) is 25.3 Å². The second kappa shape index (κ2) is 4.24. The maximum atomic E-state index is 13.5. The molecule has 2 nitrogen and oxygen atoms in total. The largest absolute Gasteiger partial charge is 0.237 e. The van der Waals surface area contributed by atoms with Crippen molar-refractivity contribution in [2.45, 2.75) is 19.8 Å². The number of benzene rings is 1. The van der Waals surface area contributed by atoms with E-state index in [0.717, 1.165) is 16.3 Å². The summed E-state index contributed by atoms with van der Waals surface area (Å²) in [6, 6.07) is 1.42. The summed E-state index contributed by atoms with van der Waals surface area (Å²) in [6.45, 7) is 3.90. The summed E-state index contributed by atoms with van der Waals surface area (Å²) < 4.78 is 40.7. The Kier molecular flexibility index (Phi) is 2.92. The van der Waals surface area contributed by atoms with Crippen LogP contribution in [0.15, 0.2) is 24.5 Å². The summed E-state index contributed by atoms with van der Waals surface area (Å²) in [5.74, 6) is -2.95. The Balaban J connectivity index is 2.52. The standard InChI is InChI=1S/C12H11F3N2/c1-7(2)8-5-16-17(6-8)11-4-9(13)3-10(14)12(11)15/h3-7H,1-2H3. The first kappa shape index (κ1) is 11.7. The van der Waals surface area contributed by atoms with Crippen LogP contribution in [-0.2, 0) is 0 Å². The van der Waals surface area contributed by atoms with E-state index in [4.69, 9.17) is 0 Å². The van der Waals surface area contributed by atoms with Crippen LogP contribution >= 0.6 is 0 Å². The molecule has 0 amide bonds. The molecule has 0 unspecified atom stereocenters. The molecule has 0 saturated heterocycles. The number of aromatic nitrogens is 2. The van der Waals surface area contributed by atoms with E-state index in [9.17, 15) is 13.2 Å². The normalized spacial score (nSPS) is 11.2. The van der Waals surface area contributed by atoms with Crippen molar-refractivity contribution in [3.8, 4) is 5.69 Å². The van der Waals surface area contributed by atoms with E-state index in [0.29, 0.717) is 6.07 Å². The van der Waals surface area contributed by atoms with Gasteiger partial charge in [0.1, 0.15) is 11.5 Å². The highest BCUT2D eigenvalue weighted by Crippen LogP contribution is 2.20. The molecule has 90 valence electrons. The molecule has 1 aromatic heterocycles. The van der Waals surface area contributed by atoms with Gasteiger partial charge in [-0.1, -0.05) is 13.8 Å². The molecule has 0 bridgehead atoms. The van der Waals surface area contributed by atoms with E-state index in [1.165, 1.54) is 0 Å². The first-order chi connectivity index (χ1) is 7.99. The molecule has 0 fully saturated rings. The van der Waals surface area contributed by atoms with Crippen molar-refractivity contribution in [2.75, 3.05) is 0 Å². The van der Waals surface area contributed by atoms with Crippen LogP contribution in [0.3, 0.4) is 0 Å². The van der Waals surface area contributed by atoms with Gasteiger partial charge in [0.15, 0.2) is 11.6 Å². The summed E-state index contributed by atoms with van der Waals surface area (Å²) in [7, 11) is 0. The van der Waals surface area contributed by atoms with Crippen molar-refractivity contribution in [2.24, 2.45) is 0 Å². The highest BCUT2D eigenvalue weighted by molar-refractivity contribution is 5.35. The summed E-state index contributed by atoms with van der Waals surface area (Å²) in [6.07, 6.45) is 3.11. The van der Waals surface area contributed by atoms with Gasteiger partial charge in [0.25, 0.3) is 0 Å². The molecular formula is C12H11F3N2. The minimum Gasteiger partial charge on any atom is -0.237 e. The molecule has 0 atom stereocenters. The lowest BCUT2D eigenvalue weighted by Crippen LogP contribution is -2.01. The minimum absolute atomic E-state index is 0.213. The SMILES string of the molecule is CC(C)c1cnn(-c2cc(F)cc(F)c2F)c1. The Morgan fingerprint density at radius 1 is 1.18 bits per heavy atom. The van der Waals surface area contributed by atoms with E-state index in [1.807, 2.05) is 13.8 Å². The monoisotopic (exact) mass is 240 g/mol. The molecule has 0 N–H and O–H groups in total. The molecule has 0 aliphatic carbocycles. The first-order valence-corrected chi connectivity index (χ1v) is 5.18. The first-order valence-electron chi connectivity index (χ1n) is 5.18. The summed E-state index contributed by atoms with van der Waals surface area (Å²) in [5, 5.41) is 3.89. The zero-order chi connectivity index (χ0) is 12.6. The number of halogens is 3. The molecule has 2 rings (SSSR count). The van der Waals surface area contributed by atoms with Crippen molar-refractivity contribution >= 4 is 0 Å². The van der Waals surface area contributed by atoms with E-state index in [1.54, 1.807) is 12.4 Å². The molecule has 1 aromatic carbocycles. The molecule has 0 radical (unpaired) electrons. The van der Waals surface area contributed by atoms with Crippen molar-refractivity contribution in [1.82, 2.24) is 9.78 Å². The van der Waals surface area contributed by atoms with Crippen molar-refractivity contribution in [1.29, 1.82) is 0 Å². The van der Waals surface area contributed by atoms with Gasteiger partial charge >= 0.3 is 0 Å². The fourth-order valence-corrected chi connectivity index (χ4v) is 1.48. The molecule has 2 aromatic rings. The molecule has 0 saturated carbocycles. The van der Waals surface area contributed by atoms with Crippen LogP contribution < -0.4 is 0 Å². The molecule has 17 heavy (non-hydrogen) atoms. The number of hydrogen-bond donors (Lipinski definition) is 0. The van der Waals surface area contributed by atoms with Gasteiger partial charge in [0, 0.05) is 18.3 Å². The number of rotatable bonds is 2. The fourth-order valence-electron chi connectivity index (χ4n) is 1.48. The molecule has 1 heterocycles. The minimum atomic E-state index is -1.22. The fraction of sp³-hybridized carbons (Fsp3) is 0.250. The van der Waals surface area contributed by atoms with Gasteiger partial charge in [0.05, 0.1) is 6.20 Å². The molecule has 5 heteroatoms. The van der Waals surface area contributed by atoms with Crippen molar-refractivity contribution in [3.05, 3.63) is 47.5 Å². The Hall–Kier alpha value is -1.78. The second-order valence-corrected chi connectivity index (χ2v) is 4.09. The molecule has 0 aliphatic rings. The predicted molar refractivity (Wildman–Crippen MR) is 57.5 cm³/mol. The third kappa shape index (κ3) is 2.18. The maximum Gasteiger partial charge on any atom is 0.184 e. The van der Waals surface area contributed by atoms with Gasteiger partial charge < -0.3 is 0 Å². The highest BCUT2D eigenvalue weighted by Gasteiger charge is 2.14. The van der Waals surface area contributed by atoms with E-state index < -0.39 is 17.5 Å².